The first kappa shape index (κ1) is 11.8. The molecule has 0 spiro atoms. The van der Waals surface area contributed by atoms with Gasteiger partial charge in [-0.25, -0.2) is 9.78 Å². The number of hydrogen-bond acceptors (Lipinski definition) is 5. The minimum absolute atomic E-state index is 0.0807. The van der Waals surface area contributed by atoms with Gasteiger partial charge in [-0.2, -0.15) is 0 Å². The third-order valence-corrected chi connectivity index (χ3v) is 2.30. The fraction of sp³-hybridized carbons (Fsp3) is 0.0909. The maximum Gasteiger partial charge on any atom is 0.357 e. The van der Waals surface area contributed by atoms with Crippen molar-refractivity contribution in [2.75, 3.05) is 0 Å². The Morgan fingerprint density at radius 1 is 1.50 bits per heavy atom. The van der Waals surface area contributed by atoms with Crippen LogP contribution in [0.3, 0.4) is 0 Å². The standard InChI is InChI=1S/C11H8N2O5/c1-6-2-3-9(13(16)17)7(4-6)10-12-8(5-18-10)11(14)15/h2-5H,1H3,(H,14,15). The van der Waals surface area contributed by atoms with Crippen LogP contribution in [0.4, 0.5) is 5.69 Å². The van der Waals surface area contributed by atoms with Crippen LogP contribution >= 0.6 is 0 Å². The Morgan fingerprint density at radius 2 is 2.22 bits per heavy atom. The van der Waals surface area contributed by atoms with Crippen molar-refractivity contribution >= 4 is 11.7 Å². The van der Waals surface area contributed by atoms with Crippen LogP contribution in [-0.2, 0) is 0 Å². The van der Waals surface area contributed by atoms with Gasteiger partial charge in [0, 0.05) is 6.07 Å². The molecular weight excluding hydrogens is 240 g/mol. The predicted octanol–water partition coefficient (Wildman–Crippen LogP) is 2.26. The Kier molecular flexibility index (Phi) is 2.80. The Balaban J connectivity index is 2.57. The van der Waals surface area contributed by atoms with Crippen LogP contribution in [0.2, 0.25) is 0 Å². The number of aromatic carboxylic acids is 1. The van der Waals surface area contributed by atoms with Crippen LogP contribution in [0.1, 0.15) is 16.1 Å². The van der Waals surface area contributed by atoms with E-state index in [1.54, 1.807) is 13.0 Å². The molecule has 0 radical (unpaired) electrons. The zero-order valence-corrected chi connectivity index (χ0v) is 9.28. The van der Waals surface area contributed by atoms with E-state index in [1.165, 1.54) is 12.1 Å². The number of aryl methyl sites for hydroxylation is 1. The molecule has 7 heteroatoms. The van der Waals surface area contributed by atoms with Crippen LogP contribution in [0.5, 0.6) is 0 Å². The lowest BCUT2D eigenvalue weighted by Crippen LogP contribution is -1.97. The zero-order chi connectivity index (χ0) is 13.3. The lowest BCUT2D eigenvalue weighted by atomic mass is 10.1. The van der Waals surface area contributed by atoms with E-state index in [4.69, 9.17) is 9.52 Å². The number of hydrogen-bond donors (Lipinski definition) is 1. The summed E-state index contributed by atoms with van der Waals surface area (Å²) in [5.74, 6) is -1.33. The first-order valence-corrected chi connectivity index (χ1v) is 4.93. The first-order chi connectivity index (χ1) is 8.49. The summed E-state index contributed by atoms with van der Waals surface area (Å²) in [6.45, 7) is 1.76. The molecule has 0 fully saturated rings. The second-order valence-electron chi connectivity index (χ2n) is 3.62. The highest BCUT2D eigenvalue weighted by molar-refractivity contribution is 5.85. The second-order valence-corrected chi connectivity index (χ2v) is 3.62. The SMILES string of the molecule is Cc1ccc([N+](=O)[O-])c(-c2nc(C(=O)O)co2)c1. The molecule has 1 heterocycles. The van der Waals surface area contributed by atoms with E-state index >= 15 is 0 Å². The average molecular weight is 248 g/mol. The van der Waals surface area contributed by atoms with E-state index in [0.29, 0.717) is 0 Å². The number of benzene rings is 1. The lowest BCUT2D eigenvalue weighted by Gasteiger charge is -1.99. The summed E-state index contributed by atoms with van der Waals surface area (Å²) in [4.78, 5) is 24.7. The minimum atomic E-state index is -1.25. The van der Waals surface area contributed by atoms with Gasteiger partial charge in [0.05, 0.1) is 4.92 Å². The largest absolute Gasteiger partial charge is 0.476 e. The number of nitrogens with zero attached hydrogens (tertiary/aromatic N) is 2. The van der Waals surface area contributed by atoms with Gasteiger partial charge >= 0.3 is 5.97 Å². The number of carboxylic acid groups (broad SMARTS) is 1. The molecule has 1 aromatic carbocycles. The van der Waals surface area contributed by atoms with E-state index in [-0.39, 0.29) is 22.8 Å². The van der Waals surface area contributed by atoms with Crippen molar-refractivity contribution in [2.45, 2.75) is 6.92 Å². The van der Waals surface area contributed by atoms with Gasteiger partial charge in [-0.05, 0) is 18.6 Å². The molecule has 2 aromatic rings. The van der Waals surface area contributed by atoms with Gasteiger partial charge in [0.15, 0.2) is 5.69 Å². The number of oxazole rings is 1. The minimum Gasteiger partial charge on any atom is -0.476 e. The smallest absolute Gasteiger partial charge is 0.357 e. The molecule has 0 amide bonds. The van der Waals surface area contributed by atoms with Crippen LogP contribution in [-0.4, -0.2) is 21.0 Å². The summed E-state index contributed by atoms with van der Waals surface area (Å²) in [5.41, 5.74) is 0.471. The third kappa shape index (κ3) is 2.05. The molecule has 2 rings (SSSR count). The molecule has 0 saturated carbocycles. The molecule has 18 heavy (non-hydrogen) atoms. The van der Waals surface area contributed by atoms with E-state index in [2.05, 4.69) is 4.98 Å². The second kappa shape index (κ2) is 4.28. The quantitative estimate of drug-likeness (QED) is 0.659. The Bertz CT molecular complexity index is 632. The van der Waals surface area contributed by atoms with E-state index < -0.39 is 10.9 Å². The Morgan fingerprint density at radius 3 is 2.78 bits per heavy atom. The van der Waals surface area contributed by atoms with Crippen molar-refractivity contribution in [3.8, 4) is 11.5 Å². The van der Waals surface area contributed by atoms with Gasteiger partial charge < -0.3 is 9.52 Å². The van der Waals surface area contributed by atoms with Gasteiger partial charge in [0.25, 0.3) is 5.69 Å². The number of carbonyl (C=O) groups is 1. The number of nitro groups is 1. The van der Waals surface area contributed by atoms with Gasteiger partial charge in [0.2, 0.25) is 5.89 Å². The lowest BCUT2D eigenvalue weighted by molar-refractivity contribution is -0.384. The Labute approximate surface area is 101 Å². The molecule has 7 nitrogen and oxygen atoms in total. The van der Waals surface area contributed by atoms with Crippen molar-refractivity contribution in [3.63, 3.8) is 0 Å². The average Bonchev–Trinajstić information content (AvgIpc) is 2.77. The van der Waals surface area contributed by atoms with Crippen molar-refractivity contribution in [3.05, 3.63) is 45.8 Å². The summed E-state index contributed by atoms with van der Waals surface area (Å²) in [7, 11) is 0. The van der Waals surface area contributed by atoms with Gasteiger partial charge in [-0.3, -0.25) is 10.1 Å². The summed E-state index contributed by atoms with van der Waals surface area (Å²) in [6.07, 6.45) is 0.948. The summed E-state index contributed by atoms with van der Waals surface area (Å²) in [6, 6.07) is 4.44. The first-order valence-electron chi connectivity index (χ1n) is 4.93. The monoisotopic (exact) mass is 248 g/mol. The topological polar surface area (TPSA) is 106 Å². The fourth-order valence-corrected chi connectivity index (χ4v) is 1.48. The molecule has 1 aromatic heterocycles. The predicted molar refractivity (Wildman–Crippen MR) is 60.3 cm³/mol. The van der Waals surface area contributed by atoms with Crippen LogP contribution in [0.25, 0.3) is 11.5 Å². The molecule has 1 N–H and O–H groups in total. The van der Waals surface area contributed by atoms with Crippen molar-refractivity contribution in [2.24, 2.45) is 0 Å². The third-order valence-electron chi connectivity index (χ3n) is 2.30. The molecule has 0 saturated heterocycles. The van der Waals surface area contributed by atoms with Crippen molar-refractivity contribution < 1.29 is 19.2 Å². The summed E-state index contributed by atoms with van der Waals surface area (Å²) < 4.78 is 4.96. The van der Waals surface area contributed by atoms with Gasteiger partial charge in [-0.1, -0.05) is 6.07 Å². The molecule has 0 unspecified atom stereocenters. The normalized spacial score (nSPS) is 10.3. The highest BCUT2D eigenvalue weighted by Gasteiger charge is 2.21. The molecule has 0 aliphatic heterocycles. The molecular formula is C11H8N2O5. The van der Waals surface area contributed by atoms with Crippen LogP contribution < -0.4 is 0 Å². The summed E-state index contributed by atoms with van der Waals surface area (Å²) in [5, 5.41) is 19.6. The number of aromatic nitrogens is 1. The Hall–Kier alpha value is -2.70. The van der Waals surface area contributed by atoms with E-state index in [0.717, 1.165) is 11.8 Å². The zero-order valence-electron chi connectivity index (χ0n) is 9.28. The fourth-order valence-electron chi connectivity index (χ4n) is 1.48. The van der Waals surface area contributed by atoms with Crippen LogP contribution in [0.15, 0.2) is 28.9 Å². The van der Waals surface area contributed by atoms with Gasteiger partial charge in [-0.15, -0.1) is 0 Å². The summed E-state index contributed by atoms with van der Waals surface area (Å²) >= 11 is 0. The van der Waals surface area contributed by atoms with E-state index in [1.807, 2.05) is 0 Å². The molecule has 92 valence electrons. The van der Waals surface area contributed by atoms with E-state index in [9.17, 15) is 14.9 Å². The number of nitro benzene ring substituents is 1. The number of rotatable bonds is 3. The highest BCUT2D eigenvalue weighted by Crippen LogP contribution is 2.30. The molecule has 0 aliphatic rings. The maximum absolute atomic E-state index is 10.9. The molecule has 0 atom stereocenters. The molecule has 0 bridgehead atoms. The van der Waals surface area contributed by atoms with Crippen molar-refractivity contribution in [1.29, 1.82) is 0 Å². The highest BCUT2D eigenvalue weighted by atomic mass is 16.6. The molecule has 0 aliphatic carbocycles. The van der Waals surface area contributed by atoms with Gasteiger partial charge in [0.1, 0.15) is 11.8 Å². The van der Waals surface area contributed by atoms with Crippen LogP contribution in [0, 0.1) is 17.0 Å². The maximum atomic E-state index is 10.9. The number of carboxylic acids is 1. The van der Waals surface area contributed by atoms with Crippen molar-refractivity contribution in [1.82, 2.24) is 4.98 Å².